The number of nitrogens with one attached hydrogen (secondary N) is 2. The Morgan fingerprint density at radius 2 is 2.15 bits per heavy atom. The zero-order chi connectivity index (χ0) is 18.8. The highest BCUT2D eigenvalue weighted by molar-refractivity contribution is 7.10. The fraction of sp³-hybridized carbons (Fsp3) is 0.300. The van der Waals surface area contributed by atoms with E-state index in [-0.39, 0.29) is 12.6 Å². The molecule has 4 rings (SSSR count). The van der Waals surface area contributed by atoms with Crippen LogP contribution in [0.25, 0.3) is 0 Å². The zero-order valence-electron chi connectivity index (χ0n) is 15.0. The number of para-hydroxylation sites is 1. The number of carbonyl (C=O) groups is 2. The number of hydrogen-bond acceptors (Lipinski definition) is 5. The second kappa shape index (κ2) is 7.44. The Balaban J connectivity index is 1.72. The van der Waals surface area contributed by atoms with Crippen molar-refractivity contribution in [3.63, 3.8) is 0 Å². The van der Waals surface area contributed by atoms with Crippen molar-refractivity contribution < 1.29 is 14.3 Å². The molecule has 6 nitrogen and oxygen atoms in total. The molecule has 2 aliphatic heterocycles. The van der Waals surface area contributed by atoms with Gasteiger partial charge in [0.25, 0.3) is 0 Å². The van der Waals surface area contributed by atoms with Gasteiger partial charge in [0.2, 0.25) is 0 Å². The number of ether oxygens (including phenoxy) is 1. The van der Waals surface area contributed by atoms with E-state index in [4.69, 9.17) is 4.74 Å². The average molecular weight is 383 g/mol. The maximum Gasteiger partial charge on any atom is 0.338 e. The number of esters is 1. The Labute approximate surface area is 161 Å². The molecule has 0 spiro atoms. The van der Waals surface area contributed by atoms with Crippen molar-refractivity contribution in [2.24, 2.45) is 0 Å². The average Bonchev–Trinajstić information content (AvgIpc) is 3.32. The van der Waals surface area contributed by atoms with Gasteiger partial charge in [-0.25, -0.2) is 9.59 Å². The standard InChI is InChI=1S/C20H21N3O3S/c1-2-26-19(24)17-14(12-23-10-9-13-6-3-4-7-15(13)23)21-20(25)22-18(17)16-8-5-11-27-16/h3-8,11,18H,2,9-10,12H2,1H3,(H2,21,22,25)/t18-/m1/s1. The van der Waals surface area contributed by atoms with Gasteiger partial charge in [0.1, 0.15) is 0 Å². The molecule has 2 N–H and O–H groups in total. The van der Waals surface area contributed by atoms with Crippen molar-refractivity contribution in [2.75, 3.05) is 24.6 Å². The molecule has 0 fully saturated rings. The Morgan fingerprint density at radius 1 is 1.30 bits per heavy atom. The van der Waals surface area contributed by atoms with Gasteiger partial charge in [-0.1, -0.05) is 24.3 Å². The Morgan fingerprint density at radius 3 is 2.93 bits per heavy atom. The number of hydrogen-bond donors (Lipinski definition) is 2. The summed E-state index contributed by atoms with van der Waals surface area (Å²) in [4.78, 5) is 28.2. The molecule has 1 aromatic carbocycles. The van der Waals surface area contributed by atoms with E-state index in [1.54, 1.807) is 6.92 Å². The molecule has 2 aromatic rings. The van der Waals surface area contributed by atoms with Crippen molar-refractivity contribution in [2.45, 2.75) is 19.4 Å². The lowest BCUT2D eigenvalue weighted by atomic mass is 10.0. The summed E-state index contributed by atoms with van der Waals surface area (Å²) in [5.74, 6) is -0.397. The van der Waals surface area contributed by atoms with E-state index in [1.807, 2.05) is 29.6 Å². The summed E-state index contributed by atoms with van der Waals surface area (Å²) in [7, 11) is 0. The molecule has 0 unspecified atom stereocenters. The summed E-state index contributed by atoms with van der Waals surface area (Å²) >= 11 is 1.51. The minimum absolute atomic E-state index is 0.285. The lowest BCUT2D eigenvalue weighted by Crippen LogP contribution is -2.48. The van der Waals surface area contributed by atoms with Crippen LogP contribution < -0.4 is 15.5 Å². The highest BCUT2D eigenvalue weighted by atomic mass is 32.1. The molecular weight excluding hydrogens is 362 g/mol. The highest BCUT2D eigenvalue weighted by Gasteiger charge is 2.35. The first-order valence-corrected chi connectivity index (χ1v) is 9.89. The predicted molar refractivity (Wildman–Crippen MR) is 105 cm³/mol. The van der Waals surface area contributed by atoms with Crippen molar-refractivity contribution >= 4 is 29.0 Å². The monoisotopic (exact) mass is 383 g/mol. The van der Waals surface area contributed by atoms with Gasteiger partial charge < -0.3 is 20.3 Å². The molecule has 0 radical (unpaired) electrons. The molecule has 2 amide bonds. The molecule has 3 heterocycles. The van der Waals surface area contributed by atoms with E-state index < -0.39 is 12.0 Å². The quantitative estimate of drug-likeness (QED) is 0.779. The van der Waals surface area contributed by atoms with Crippen LogP contribution in [0.2, 0.25) is 0 Å². The first kappa shape index (κ1) is 17.6. The third-order valence-electron chi connectivity index (χ3n) is 4.81. The molecule has 1 aromatic heterocycles. The number of carbonyl (C=O) groups excluding carboxylic acids is 2. The molecule has 0 saturated carbocycles. The third-order valence-corrected chi connectivity index (χ3v) is 5.75. The van der Waals surface area contributed by atoms with Crippen LogP contribution in [0.15, 0.2) is 53.0 Å². The molecule has 0 bridgehead atoms. The molecule has 7 heteroatoms. The Kier molecular flexibility index (Phi) is 4.85. The van der Waals surface area contributed by atoms with Crippen LogP contribution in [-0.4, -0.2) is 31.7 Å². The van der Waals surface area contributed by atoms with Crippen molar-refractivity contribution in [3.8, 4) is 0 Å². The van der Waals surface area contributed by atoms with E-state index in [2.05, 4.69) is 27.7 Å². The number of amides is 2. The van der Waals surface area contributed by atoms with Gasteiger partial charge in [-0.05, 0) is 36.4 Å². The van der Waals surface area contributed by atoms with Crippen LogP contribution in [-0.2, 0) is 16.0 Å². The van der Waals surface area contributed by atoms with Gasteiger partial charge in [-0.3, -0.25) is 0 Å². The van der Waals surface area contributed by atoms with Crippen LogP contribution in [0, 0.1) is 0 Å². The summed E-state index contributed by atoms with van der Waals surface area (Å²) < 4.78 is 5.31. The van der Waals surface area contributed by atoms with Gasteiger partial charge in [-0.2, -0.15) is 0 Å². The minimum Gasteiger partial charge on any atom is -0.463 e. The first-order chi connectivity index (χ1) is 13.2. The predicted octanol–water partition coefficient (Wildman–Crippen LogP) is 2.98. The van der Waals surface area contributed by atoms with E-state index in [0.717, 1.165) is 23.5 Å². The largest absolute Gasteiger partial charge is 0.463 e. The molecular formula is C20H21N3O3S. The topological polar surface area (TPSA) is 70.7 Å². The lowest BCUT2D eigenvalue weighted by Gasteiger charge is -2.31. The third kappa shape index (κ3) is 3.42. The SMILES string of the molecule is CCOC(=O)C1=C(CN2CCc3ccccc32)NC(=O)N[C@@H]1c1cccs1. The molecule has 27 heavy (non-hydrogen) atoms. The van der Waals surface area contributed by atoms with Gasteiger partial charge in [0, 0.05) is 17.1 Å². The number of urea groups is 1. The smallest absolute Gasteiger partial charge is 0.338 e. The molecule has 140 valence electrons. The number of rotatable bonds is 5. The second-order valence-electron chi connectivity index (χ2n) is 6.46. The molecule has 0 saturated heterocycles. The van der Waals surface area contributed by atoms with Crippen LogP contribution in [0.5, 0.6) is 0 Å². The molecule has 2 aliphatic rings. The van der Waals surface area contributed by atoms with Gasteiger partial charge in [-0.15, -0.1) is 11.3 Å². The van der Waals surface area contributed by atoms with Crippen LogP contribution in [0.3, 0.4) is 0 Å². The molecule has 1 atom stereocenters. The van der Waals surface area contributed by atoms with Crippen LogP contribution >= 0.6 is 11.3 Å². The summed E-state index contributed by atoms with van der Waals surface area (Å²) in [6.07, 6.45) is 0.957. The maximum absolute atomic E-state index is 12.8. The number of nitrogens with zero attached hydrogens (tertiary/aromatic N) is 1. The Bertz CT molecular complexity index is 892. The van der Waals surface area contributed by atoms with Crippen molar-refractivity contribution in [3.05, 3.63) is 63.5 Å². The number of thiophene rings is 1. The van der Waals surface area contributed by atoms with Gasteiger partial charge in [0.15, 0.2) is 0 Å². The normalized spacial score (nSPS) is 18.8. The maximum atomic E-state index is 12.8. The summed E-state index contributed by atoms with van der Waals surface area (Å²) in [5.41, 5.74) is 3.51. The van der Waals surface area contributed by atoms with Crippen molar-refractivity contribution in [1.29, 1.82) is 0 Å². The van der Waals surface area contributed by atoms with E-state index >= 15 is 0 Å². The van der Waals surface area contributed by atoms with Crippen molar-refractivity contribution in [1.82, 2.24) is 10.6 Å². The fourth-order valence-electron chi connectivity index (χ4n) is 3.62. The number of benzene rings is 1. The van der Waals surface area contributed by atoms with Crippen LogP contribution in [0.4, 0.5) is 10.5 Å². The zero-order valence-corrected chi connectivity index (χ0v) is 15.8. The minimum atomic E-state index is -0.495. The number of fused-ring (bicyclic) bond motifs is 1. The number of anilines is 1. The first-order valence-electron chi connectivity index (χ1n) is 9.01. The van der Waals surface area contributed by atoms with E-state index in [1.165, 1.54) is 16.9 Å². The summed E-state index contributed by atoms with van der Waals surface area (Å²) in [6.45, 7) is 3.38. The van der Waals surface area contributed by atoms with Gasteiger partial charge in [0.05, 0.1) is 30.5 Å². The lowest BCUT2D eigenvalue weighted by molar-refractivity contribution is -0.139. The van der Waals surface area contributed by atoms with E-state index in [9.17, 15) is 9.59 Å². The Hall–Kier alpha value is -2.80. The summed E-state index contributed by atoms with van der Waals surface area (Å²) in [6, 6.07) is 11.3. The summed E-state index contributed by atoms with van der Waals surface area (Å²) in [5, 5.41) is 7.65. The van der Waals surface area contributed by atoms with E-state index in [0.29, 0.717) is 17.8 Å². The van der Waals surface area contributed by atoms with Crippen LogP contribution in [0.1, 0.15) is 23.4 Å². The van der Waals surface area contributed by atoms with Gasteiger partial charge >= 0.3 is 12.0 Å². The highest BCUT2D eigenvalue weighted by Crippen LogP contribution is 2.33. The molecule has 0 aliphatic carbocycles. The second-order valence-corrected chi connectivity index (χ2v) is 7.44. The fourth-order valence-corrected chi connectivity index (χ4v) is 4.41.